The molecule has 0 bridgehead atoms. The summed E-state index contributed by atoms with van der Waals surface area (Å²) in [6.07, 6.45) is 2.59. The van der Waals surface area contributed by atoms with Crippen molar-refractivity contribution in [1.82, 2.24) is 24.2 Å². The fourth-order valence-electron chi connectivity index (χ4n) is 3.74. The maximum absolute atomic E-state index is 12.9. The Morgan fingerprint density at radius 2 is 2.15 bits per heavy atom. The number of pyridine rings is 2. The Kier molecular flexibility index (Phi) is 6.38. The predicted molar refractivity (Wildman–Crippen MR) is 122 cm³/mol. The zero-order valence-corrected chi connectivity index (χ0v) is 19.3. The molecule has 3 aromatic heterocycles. The molecule has 0 saturated carbocycles. The molecule has 174 valence electrons. The number of carboxylic acids is 1. The van der Waals surface area contributed by atoms with Gasteiger partial charge >= 0.3 is 5.97 Å². The Bertz CT molecular complexity index is 1250. The number of carbonyl (C=O) groups is 2. The minimum Gasteiger partial charge on any atom is -0.477 e. The van der Waals surface area contributed by atoms with Gasteiger partial charge in [-0.3, -0.25) is 14.2 Å². The van der Waals surface area contributed by atoms with Gasteiger partial charge < -0.3 is 20.1 Å². The molecule has 0 radical (unpaired) electrons. The number of anilines is 1. The van der Waals surface area contributed by atoms with Gasteiger partial charge in [-0.1, -0.05) is 0 Å². The zero-order chi connectivity index (χ0) is 23.7. The second kappa shape index (κ2) is 9.24. The number of carbonyl (C=O) groups excluding carboxylic acids is 1. The first-order chi connectivity index (χ1) is 15.8. The van der Waals surface area contributed by atoms with Crippen LogP contribution < -0.4 is 15.6 Å². The fraction of sp³-hybridized carbons (Fsp3) is 0.429. The molecule has 4 rings (SSSR count). The monoisotopic (exact) mass is 472 g/mol. The van der Waals surface area contributed by atoms with Gasteiger partial charge in [0.2, 0.25) is 16.5 Å². The van der Waals surface area contributed by atoms with Crippen LogP contribution in [0.3, 0.4) is 0 Å². The number of hydrogen-bond donors (Lipinski definition) is 2. The van der Waals surface area contributed by atoms with Gasteiger partial charge in [-0.15, -0.1) is 0 Å². The van der Waals surface area contributed by atoms with Crippen molar-refractivity contribution in [2.24, 2.45) is 5.92 Å². The van der Waals surface area contributed by atoms with Gasteiger partial charge in [0.25, 0.3) is 0 Å². The van der Waals surface area contributed by atoms with Crippen LogP contribution in [0.2, 0.25) is 0 Å². The highest BCUT2D eigenvalue weighted by atomic mass is 32.1. The lowest BCUT2D eigenvalue weighted by Crippen LogP contribution is -2.55. The van der Waals surface area contributed by atoms with Crippen LogP contribution in [-0.2, 0) is 9.53 Å². The number of aromatic nitrogens is 4. The number of aryl methyl sites for hydroxylation is 1. The summed E-state index contributed by atoms with van der Waals surface area (Å²) < 4.78 is 10.8. The third-order valence-corrected chi connectivity index (χ3v) is 6.13. The van der Waals surface area contributed by atoms with Gasteiger partial charge in [0.1, 0.15) is 17.7 Å². The van der Waals surface area contributed by atoms with Crippen molar-refractivity contribution in [3.05, 3.63) is 39.9 Å². The van der Waals surface area contributed by atoms with Crippen LogP contribution in [0.1, 0.15) is 29.8 Å². The zero-order valence-electron chi connectivity index (χ0n) is 18.4. The first-order valence-electron chi connectivity index (χ1n) is 10.5. The van der Waals surface area contributed by atoms with E-state index in [9.17, 15) is 19.5 Å². The van der Waals surface area contributed by atoms with Gasteiger partial charge in [0.05, 0.1) is 17.9 Å². The van der Waals surface area contributed by atoms with E-state index in [1.165, 1.54) is 17.1 Å². The van der Waals surface area contributed by atoms with Crippen LogP contribution in [0.15, 0.2) is 23.4 Å². The number of nitrogens with zero attached hydrogens (tertiary/aromatic N) is 5. The van der Waals surface area contributed by atoms with E-state index in [-0.39, 0.29) is 28.8 Å². The molecular weight excluding hydrogens is 448 g/mol. The SMILES string of the molecule is CCOC[C@H](C)NC(=O)C1CN(c2cc(C)c3c(=O)c(C(=O)O)cn(-c4ncns4)c3n2)C1. The summed E-state index contributed by atoms with van der Waals surface area (Å²) in [4.78, 5) is 47.7. The lowest BCUT2D eigenvalue weighted by atomic mass is 9.98. The minimum atomic E-state index is -1.32. The average molecular weight is 473 g/mol. The predicted octanol–water partition coefficient (Wildman–Crippen LogP) is 1.22. The average Bonchev–Trinajstić information content (AvgIpc) is 3.25. The number of aromatic carboxylic acids is 1. The van der Waals surface area contributed by atoms with Crippen molar-refractivity contribution >= 4 is 40.3 Å². The van der Waals surface area contributed by atoms with Gasteiger partial charge in [0, 0.05) is 43.5 Å². The fourth-order valence-corrected chi connectivity index (χ4v) is 4.25. The number of ether oxygens (including phenoxy) is 1. The molecule has 0 unspecified atom stereocenters. The highest BCUT2D eigenvalue weighted by Crippen LogP contribution is 2.28. The molecule has 0 aromatic carbocycles. The Labute approximate surface area is 193 Å². The van der Waals surface area contributed by atoms with Crippen molar-refractivity contribution in [3.63, 3.8) is 0 Å². The van der Waals surface area contributed by atoms with Crippen LogP contribution in [0.5, 0.6) is 0 Å². The highest BCUT2D eigenvalue weighted by Gasteiger charge is 2.34. The normalized spacial score (nSPS) is 14.8. The minimum absolute atomic E-state index is 0.0344. The molecule has 11 nitrogen and oxygen atoms in total. The molecule has 1 saturated heterocycles. The summed E-state index contributed by atoms with van der Waals surface area (Å²) in [7, 11) is 0. The molecule has 1 atom stereocenters. The molecule has 4 heterocycles. The number of hydrogen-bond acceptors (Lipinski definition) is 9. The molecule has 33 heavy (non-hydrogen) atoms. The summed E-state index contributed by atoms with van der Waals surface area (Å²) in [6, 6.07) is 1.67. The summed E-state index contributed by atoms with van der Waals surface area (Å²) in [5.41, 5.74) is -0.0641. The topological polar surface area (TPSA) is 140 Å². The van der Waals surface area contributed by atoms with Crippen LogP contribution in [0.4, 0.5) is 5.82 Å². The summed E-state index contributed by atoms with van der Waals surface area (Å²) in [5, 5.41) is 13.1. The Morgan fingerprint density at radius 3 is 2.79 bits per heavy atom. The summed E-state index contributed by atoms with van der Waals surface area (Å²) >= 11 is 1.06. The smallest absolute Gasteiger partial charge is 0.341 e. The third kappa shape index (κ3) is 4.44. The molecule has 1 aliphatic heterocycles. The van der Waals surface area contributed by atoms with E-state index < -0.39 is 11.4 Å². The lowest BCUT2D eigenvalue weighted by Gasteiger charge is -2.39. The lowest BCUT2D eigenvalue weighted by molar-refractivity contribution is -0.126. The summed E-state index contributed by atoms with van der Waals surface area (Å²) in [5.74, 6) is -0.926. The largest absolute Gasteiger partial charge is 0.477 e. The van der Waals surface area contributed by atoms with E-state index in [1.807, 2.05) is 18.7 Å². The molecule has 0 aliphatic carbocycles. The number of fused-ring (bicyclic) bond motifs is 1. The number of rotatable bonds is 8. The van der Waals surface area contributed by atoms with Crippen molar-refractivity contribution in [2.45, 2.75) is 26.8 Å². The Balaban J connectivity index is 1.63. The van der Waals surface area contributed by atoms with Crippen molar-refractivity contribution in [1.29, 1.82) is 0 Å². The Morgan fingerprint density at radius 1 is 1.39 bits per heavy atom. The van der Waals surface area contributed by atoms with E-state index in [0.29, 0.717) is 48.5 Å². The van der Waals surface area contributed by atoms with Crippen LogP contribution >= 0.6 is 11.5 Å². The maximum Gasteiger partial charge on any atom is 0.341 e. The standard InChI is InChI=1S/C21H24N6O5S/c1-4-32-9-12(3)24-19(29)13-6-26(7-13)15-5-11(2)16-17(28)14(20(30)31)8-27(18(16)25-15)21-22-10-23-33-21/h5,8,10,12-13H,4,6-7,9H2,1-3H3,(H,24,29)(H,30,31)/t12-/m0/s1. The first kappa shape index (κ1) is 22.8. The van der Waals surface area contributed by atoms with Gasteiger partial charge in [-0.05, 0) is 32.4 Å². The first-order valence-corrected chi connectivity index (χ1v) is 11.3. The molecule has 1 amide bonds. The maximum atomic E-state index is 12.9. The number of nitrogens with one attached hydrogen (secondary N) is 1. The quantitative estimate of drug-likeness (QED) is 0.495. The highest BCUT2D eigenvalue weighted by molar-refractivity contribution is 7.08. The molecular formula is C21H24N6O5S. The van der Waals surface area contributed by atoms with Crippen LogP contribution in [0, 0.1) is 12.8 Å². The second-order valence-corrected chi connectivity index (χ2v) is 8.70. The summed E-state index contributed by atoms with van der Waals surface area (Å²) in [6.45, 7) is 7.58. The van der Waals surface area contributed by atoms with Gasteiger partial charge in [0.15, 0.2) is 5.65 Å². The van der Waals surface area contributed by atoms with Crippen LogP contribution in [-0.4, -0.2) is 68.2 Å². The Hall–Kier alpha value is -3.38. The third-order valence-electron chi connectivity index (χ3n) is 5.47. The molecule has 1 aliphatic rings. The van der Waals surface area contributed by atoms with Crippen LogP contribution in [0.25, 0.3) is 16.2 Å². The van der Waals surface area contributed by atoms with E-state index in [0.717, 1.165) is 11.5 Å². The molecule has 3 aromatic rings. The molecule has 12 heteroatoms. The second-order valence-electron chi connectivity index (χ2n) is 7.94. The van der Waals surface area contributed by atoms with E-state index in [2.05, 4.69) is 19.7 Å². The van der Waals surface area contributed by atoms with E-state index in [1.54, 1.807) is 13.0 Å². The van der Waals surface area contributed by atoms with Crippen molar-refractivity contribution < 1.29 is 19.4 Å². The molecule has 1 fully saturated rings. The van der Waals surface area contributed by atoms with Gasteiger partial charge in [-0.2, -0.15) is 4.37 Å². The van der Waals surface area contributed by atoms with E-state index in [4.69, 9.17) is 4.74 Å². The number of carboxylic acid groups (broad SMARTS) is 1. The van der Waals surface area contributed by atoms with Gasteiger partial charge in [-0.25, -0.2) is 14.8 Å². The van der Waals surface area contributed by atoms with Crippen molar-refractivity contribution in [3.8, 4) is 5.13 Å². The van der Waals surface area contributed by atoms with Crippen molar-refractivity contribution in [2.75, 3.05) is 31.2 Å². The number of amides is 1. The molecule has 2 N–H and O–H groups in total. The molecule has 0 spiro atoms. The van der Waals surface area contributed by atoms with E-state index >= 15 is 0 Å².